The summed E-state index contributed by atoms with van der Waals surface area (Å²) in [6, 6.07) is 16.9. The molecule has 8 rings (SSSR count). The smallest absolute Gasteiger partial charge is 0.298 e. The van der Waals surface area contributed by atoms with E-state index in [0.29, 0.717) is 56.1 Å². The summed E-state index contributed by atoms with van der Waals surface area (Å²) in [5, 5.41) is 13.5. The first-order valence-electron chi connectivity index (χ1n) is 23.2. The minimum absolute atomic E-state index is 0.0228. The van der Waals surface area contributed by atoms with Crippen molar-refractivity contribution in [1.29, 1.82) is 0 Å². The van der Waals surface area contributed by atoms with Crippen molar-refractivity contribution in [2.75, 3.05) is 64.2 Å². The molecule has 69 heavy (non-hydrogen) atoms. The molecule has 366 valence electrons. The number of likely N-dealkylation sites (tertiary alicyclic amines) is 1. The molecule has 0 spiro atoms. The average molecular weight is 965 g/mol. The SMILES string of the molecule is Cc1ncsc1-c1ccc(CNC(=O)[C@@H]2C[C@@H](O)CN2C(=O)[C@@H](CC(=O)COCCOCCOCCOc2ccc(COc3ccc4oc(N5CCn6ccnc6C5)nc4c3)nc2)C(C)(C)C)cc1. The predicted molar refractivity (Wildman–Crippen MR) is 257 cm³/mol. The lowest BCUT2D eigenvalue weighted by Crippen LogP contribution is -2.50. The van der Waals surface area contributed by atoms with E-state index >= 15 is 0 Å². The zero-order chi connectivity index (χ0) is 48.3. The number of amides is 2. The monoisotopic (exact) mass is 964 g/mol. The van der Waals surface area contributed by atoms with Gasteiger partial charge in [0, 0.05) is 63.4 Å². The number of ether oxygens (including phenoxy) is 5. The maximum atomic E-state index is 14.0. The summed E-state index contributed by atoms with van der Waals surface area (Å²) >= 11 is 1.58. The van der Waals surface area contributed by atoms with Gasteiger partial charge in [0.25, 0.3) is 6.01 Å². The number of benzene rings is 2. The third kappa shape index (κ3) is 13.1. The van der Waals surface area contributed by atoms with Crippen LogP contribution < -0.4 is 19.7 Å². The summed E-state index contributed by atoms with van der Waals surface area (Å²) in [4.78, 5) is 63.0. The van der Waals surface area contributed by atoms with Gasteiger partial charge in [0.1, 0.15) is 48.7 Å². The van der Waals surface area contributed by atoms with Gasteiger partial charge in [0.15, 0.2) is 11.4 Å². The fourth-order valence-electron chi connectivity index (χ4n) is 8.26. The number of pyridine rings is 1. The van der Waals surface area contributed by atoms with E-state index in [2.05, 4.69) is 29.7 Å². The third-order valence-electron chi connectivity index (χ3n) is 12.1. The van der Waals surface area contributed by atoms with Gasteiger partial charge in [-0.2, -0.15) is 4.98 Å². The van der Waals surface area contributed by atoms with Crippen molar-refractivity contribution in [3.63, 3.8) is 0 Å². The van der Waals surface area contributed by atoms with Crippen molar-refractivity contribution in [2.45, 2.75) is 78.9 Å². The minimum Gasteiger partial charge on any atom is -0.490 e. The van der Waals surface area contributed by atoms with E-state index in [0.717, 1.165) is 51.8 Å². The number of aliphatic hydroxyl groups is 1. The molecule has 2 amide bonds. The van der Waals surface area contributed by atoms with E-state index < -0.39 is 23.5 Å². The maximum Gasteiger partial charge on any atom is 0.298 e. The van der Waals surface area contributed by atoms with Crippen molar-refractivity contribution in [3.8, 4) is 21.9 Å². The highest BCUT2D eigenvalue weighted by molar-refractivity contribution is 7.13. The van der Waals surface area contributed by atoms with Gasteiger partial charge in [-0.15, -0.1) is 11.3 Å². The van der Waals surface area contributed by atoms with Crippen molar-refractivity contribution < 1.29 is 47.6 Å². The number of fused-ring (bicyclic) bond motifs is 2. The molecule has 19 heteroatoms. The molecule has 1 saturated heterocycles. The van der Waals surface area contributed by atoms with Crippen molar-refractivity contribution in [1.82, 2.24) is 34.7 Å². The van der Waals surface area contributed by atoms with Crippen molar-refractivity contribution >= 4 is 46.0 Å². The number of nitrogens with zero attached hydrogens (tertiary/aromatic N) is 7. The molecule has 0 unspecified atom stereocenters. The summed E-state index contributed by atoms with van der Waals surface area (Å²) in [6.07, 6.45) is 4.67. The number of aryl methyl sites for hydroxylation is 1. The van der Waals surface area contributed by atoms with E-state index in [4.69, 9.17) is 33.1 Å². The lowest BCUT2D eigenvalue weighted by Gasteiger charge is -2.34. The Bertz CT molecular complexity index is 2640. The minimum atomic E-state index is -0.845. The Balaban J connectivity index is 0.670. The molecule has 0 radical (unpaired) electrons. The highest BCUT2D eigenvalue weighted by atomic mass is 32.1. The van der Waals surface area contributed by atoms with Crippen molar-refractivity contribution in [3.05, 3.63) is 101 Å². The normalized spacial score (nSPS) is 16.4. The van der Waals surface area contributed by atoms with Gasteiger partial charge in [-0.1, -0.05) is 45.0 Å². The van der Waals surface area contributed by atoms with Gasteiger partial charge >= 0.3 is 0 Å². The van der Waals surface area contributed by atoms with Gasteiger partial charge in [-0.25, -0.2) is 9.97 Å². The largest absolute Gasteiger partial charge is 0.490 e. The van der Waals surface area contributed by atoms with Crippen LogP contribution in [0.3, 0.4) is 0 Å². The van der Waals surface area contributed by atoms with E-state index in [9.17, 15) is 19.5 Å². The standard InChI is InChI=1S/C50H60N8O10S/c1-33-46(69-32-54-33)35-7-5-34(6-8-35)26-53-47(61)43-24-37(59)28-58(43)48(62)41(50(2,3)4)23-38(60)31-65-20-19-63-17-18-64-21-22-66-40-10-9-36(52-27-40)30-67-39-11-12-44-42(25-39)55-49(68-44)57-16-15-56-14-13-51-45(56)29-57/h5-14,25,27,32,37,41,43,59H,15-24,26,28-31H2,1-4H3,(H,53,61)/t37-,41-,43+/m1/s1. The molecule has 2 aromatic carbocycles. The van der Waals surface area contributed by atoms with Crippen LogP contribution in [0.5, 0.6) is 11.5 Å². The summed E-state index contributed by atoms with van der Waals surface area (Å²) in [5.74, 6) is 0.626. The number of β-amino-alcohol motifs (C(OH)–C–C–N with tert-alkyl or cyclic N) is 1. The maximum absolute atomic E-state index is 14.0. The molecular formula is C50H60N8O10S. The quantitative estimate of drug-likeness (QED) is 0.0731. The Morgan fingerprint density at radius 3 is 2.42 bits per heavy atom. The number of carbonyl (C=O) groups is 3. The first kappa shape index (κ1) is 49.2. The molecule has 0 saturated carbocycles. The number of imidazole rings is 1. The molecule has 0 aliphatic carbocycles. The fourth-order valence-corrected chi connectivity index (χ4v) is 9.07. The number of Topliss-reactive ketones (excluding diaryl/α,β-unsaturated/α-hetero) is 1. The Morgan fingerprint density at radius 1 is 0.913 bits per heavy atom. The van der Waals surface area contributed by atoms with E-state index in [1.807, 2.05) is 100 Å². The molecule has 18 nitrogen and oxygen atoms in total. The molecule has 4 aromatic heterocycles. The lowest BCUT2D eigenvalue weighted by molar-refractivity contribution is -0.146. The number of carbonyl (C=O) groups excluding carboxylic acids is 3. The van der Waals surface area contributed by atoms with E-state index in [1.54, 1.807) is 17.5 Å². The number of aliphatic hydroxyl groups excluding tert-OH is 1. The van der Waals surface area contributed by atoms with Crippen LogP contribution >= 0.6 is 11.3 Å². The van der Waals surface area contributed by atoms with Gasteiger partial charge in [0.2, 0.25) is 11.8 Å². The summed E-state index contributed by atoms with van der Waals surface area (Å²) in [7, 11) is 0. The zero-order valence-electron chi connectivity index (χ0n) is 39.5. The average Bonchev–Trinajstić information content (AvgIpc) is 4.17. The molecule has 3 atom stereocenters. The summed E-state index contributed by atoms with van der Waals surface area (Å²) in [6.45, 7) is 12.1. The molecule has 6 aromatic rings. The fraction of sp³-hybridized carbons (Fsp3) is 0.460. The van der Waals surface area contributed by atoms with Crippen LogP contribution in [0.25, 0.3) is 21.5 Å². The Kier molecular flexibility index (Phi) is 16.3. The molecule has 2 N–H and O–H groups in total. The van der Waals surface area contributed by atoms with Crippen LogP contribution in [0, 0.1) is 18.3 Å². The van der Waals surface area contributed by atoms with Crippen LogP contribution in [0.15, 0.2) is 83.1 Å². The first-order chi connectivity index (χ1) is 33.4. The highest BCUT2D eigenvalue weighted by Crippen LogP contribution is 2.34. The zero-order valence-corrected chi connectivity index (χ0v) is 40.3. The van der Waals surface area contributed by atoms with Gasteiger partial charge in [-0.3, -0.25) is 19.4 Å². The molecule has 1 fully saturated rings. The van der Waals surface area contributed by atoms with Gasteiger partial charge in [-0.05, 0) is 47.7 Å². The molecular weight excluding hydrogens is 905 g/mol. The second-order valence-corrected chi connectivity index (χ2v) is 19.1. The van der Waals surface area contributed by atoms with E-state index in [1.165, 1.54) is 4.90 Å². The summed E-state index contributed by atoms with van der Waals surface area (Å²) in [5.41, 5.74) is 6.31. The Labute approximate surface area is 404 Å². The molecule has 2 aliphatic rings. The number of hydrogen-bond acceptors (Lipinski definition) is 16. The van der Waals surface area contributed by atoms with Gasteiger partial charge < -0.3 is 52.9 Å². The van der Waals surface area contributed by atoms with Gasteiger partial charge in [0.05, 0.1) is 73.7 Å². The van der Waals surface area contributed by atoms with Crippen LogP contribution in [-0.2, 0) is 54.8 Å². The number of rotatable bonds is 23. The number of anilines is 1. The number of ketones is 1. The first-order valence-corrected chi connectivity index (χ1v) is 24.1. The lowest BCUT2D eigenvalue weighted by atomic mass is 9.77. The number of oxazole rings is 1. The third-order valence-corrected chi connectivity index (χ3v) is 13.1. The number of hydrogen-bond donors (Lipinski definition) is 2. The topological polar surface area (TPSA) is 206 Å². The van der Waals surface area contributed by atoms with Crippen LogP contribution in [0.2, 0.25) is 0 Å². The Hall–Kier alpha value is -6.25. The predicted octanol–water partition coefficient (Wildman–Crippen LogP) is 5.78. The van der Waals surface area contributed by atoms with Crippen LogP contribution in [0.4, 0.5) is 6.01 Å². The molecule has 6 heterocycles. The van der Waals surface area contributed by atoms with Crippen LogP contribution in [0.1, 0.15) is 56.4 Å². The summed E-state index contributed by atoms with van der Waals surface area (Å²) < 4.78 is 36.7. The van der Waals surface area contributed by atoms with Crippen LogP contribution in [-0.4, -0.2) is 124 Å². The highest BCUT2D eigenvalue weighted by Gasteiger charge is 2.44. The second-order valence-electron chi connectivity index (χ2n) is 18.2. The number of thiazole rings is 1. The van der Waals surface area contributed by atoms with Crippen molar-refractivity contribution in [2.24, 2.45) is 11.3 Å². The Morgan fingerprint density at radius 2 is 1.68 bits per heavy atom. The second kappa shape index (κ2) is 22.9. The van der Waals surface area contributed by atoms with E-state index in [-0.39, 0.29) is 70.0 Å². The number of aromatic nitrogens is 5. The molecule has 2 aliphatic heterocycles. The molecule has 0 bridgehead atoms. The number of nitrogens with one attached hydrogen (secondary N) is 1.